The predicted molar refractivity (Wildman–Crippen MR) is 83.4 cm³/mol. The van der Waals surface area contributed by atoms with Gasteiger partial charge in [0.15, 0.2) is 0 Å². The number of aliphatic hydroxyl groups is 1. The van der Waals surface area contributed by atoms with Gasteiger partial charge >= 0.3 is 0 Å². The minimum absolute atomic E-state index is 0.227. The number of aliphatic hydroxyl groups excluding tert-OH is 1. The van der Waals surface area contributed by atoms with Crippen molar-refractivity contribution < 1.29 is 13.5 Å². The smallest absolute Gasteiger partial charge is 0.240 e. The van der Waals surface area contributed by atoms with E-state index in [4.69, 9.17) is 0 Å². The predicted octanol–water partition coefficient (Wildman–Crippen LogP) is 2.84. The normalized spacial score (nSPS) is 24.7. The summed E-state index contributed by atoms with van der Waals surface area (Å²) in [6.45, 7) is 4.36. The largest absolute Gasteiger partial charge is 0.389 e. The minimum Gasteiger partial charge on any atom is -0.389 e. The average molecular weight is 311 g/mol. The summed E-state index contributed by atoms with van der Waals surface area (Å²) < 4.78 is 27.4. The van der Waals surface area contributed by atoms with Crippen LogP contribution in [-0.2, 0) is 10.0 Å². The van der Waals surface area contributed by atoms with E-state index in [-0.39, 0.29) is 4.90 Å². The van der Waals surface area contributed by atoms with Gasteiger partial charge in [-0.3, -0.25) is 0 Å². The van der Waals surface area contributed by atoms with Crippen LogP contribution in [0, 0.1) is 11.8 Å². The van der Waals surface area contributed by atoms with Crippen LogP contribution in [0.3, 0.4) is 0 Å². The van der Waals surface area contributed by atoms with Crippen LogP contribution in [0.15, 0.2) is 29.2 Å². The van der Waals surface area contributed by atoms with Crippen molar-refractivity contribution in [1.29, 1.82) is 0 Å². The third-order valence-corrected chi connectivity index (χ3v) is 5.68. The Morgan fingerprint density at radius 2 is 2.14 bits per heavy atom. The summed E-state index contributed by atoms with van der Waals surface area (Å²) in [7, 11) is -3.49. The van der Waals surface area contributed by atoms with Gasteiger partial charge in [0.05, 0.1) is 11.0 Å². The molecule has 4 nitrogen and oxygen atoms in total. The van der Waals surface area contributed by atoms with Crippen LogP contribution >= 0.6 is 0 Å². The molecule has 1 aromatic rings. The standard InChI is InChI=1S/C16H25NO3S/c1-12-5-3-6-14(9-12)11-17-21(19,20)16-8-4-7-15(10-16)13(2)18/h4,7-8,10,12-14,17-18H,3,5-6,9,11H2,1-2H3. The monoisotopic (exact) mass is 311 g/mol. The molecule has 1 fully saturated rings. The molecule has 1 aliphatic carbocycles. The SMILES string of the molecule is CC1CCCC(CNS(=O)(=O)c2cccc(C(C)O)c2)C1. The lowest BCUT2D eigenvalue weighted by Gasteiger charge is -2.26. The Kier molecular flexibility index (Phi) is 5.41. The van der Waals surface area contributed by atoms with E-state index >= 15 is 0 Å². The Bertz CT molecular complexity index is 569. The summed E-state index contributed by atoms with van der Waals surface area (Å²) in [5, 5.41) is 9.56. The van der Waals surface area contributed by atoms with E-state index in [0.717, 1.165) is 12.8 Å². The maximum Gasteiger partial charge on any atom is 0.240 e. The van der Waals surface area contributed by atoms with Gasteiger partial charge in [0, 0.05) is 6.54 Å². The van der Waals surface area contributed by atoms with Gasteiger partial charge in [-0.25, -0.2) is 13.1 Å². The van der Waals surface area contributed by atoms with E-state index in [1.807, 2.05) is 0 Å². The molecule has 1 saturated carbocycles. The molecule has 0 radical (unpaired) electrons. The minimum atomic E-state index is -3.49. The third-order valence-electron chi connectivity index (χ3n) is 4.26. The highest BCUT2D eigenvalue weighted by Crippen LogP contribution is 2.28. The molecule has 0 amide bonds. The number of nitrogens with one attached hydrogen (secondary N) is 1. The molecule has 0 aromatic heterocycles. The summed E-state index contributed by atoms with van der Waals surface area (Å²) in [6.07, 6.45) is 3.96. The summed E-state index contributed by atoms with van der Waals surface area (Å²) in [5.41, 5.74) is 0.615. The van der Waals surface area contributed by atoms with Crippen LogP contribution in [-0.4, -0.2) is 20.1 Å². The summed E-state index contributed by atoms with van der Waals surface area (Å²) in [6, 6.07) is 6.50. The highest BCUT2D eigenvalue weighted by molar-refractivity contribution is 7.89. The van der Waals surface area contributed by atoms with E-state index in [0.29, 0.717) is 23.9 Å². The average Bonchev–Trinajstić information content (AvgIpc) is 2.45. The van der Waals surface area contributed by atoms with Crippen LogP contribution in [0.4, 0.5) is 0 Å². The van der Waals surface area contributed by atoms with Gasteiger partial charge in [0.1, 0.15) is 0 Å². The number of benzene rings is 1. The summed E-state index contributed by atoms with van der Waals surface area (Å²) in [5.74, 6) is 1.12. The first-order chi connectivity index (χ1) is 9.88. The van der Waals surface area contributed by atoms with E-state index < -0.39 is 16.1 Å². The molecule has 2 N–H and O–H groups in total. The zero-order valence-electron chi connectivity index (χ0n) is 12.7. The first-order valence-corrected chi connectivity index (χ1v) is 9.14. The Hall–Kier alpha value is -0.910. The topological polar surface area (TPSA) is 66.4 Å². The molecular formula is C16H25NO3S. The first kappa shape index (κ1) is 16.5. The lowest BCUT2D eigenvalue weighted by atomic mass is 9.83. The highest BCUT2D eigenvalue weighted by Gasteiger charge is 2.22. The number of hydrogen-bond donors (Lipinski definition) is 2. The van der Waals surface area contributed by atoms with Crippen molar-refractivity contribution in [3.63, 3.8) is 0 Å². The van der Waals surface area contributed by atoms with Crippen LogP contribution in [0.1, 0.15) is 51.2 Å². The number of hydrogen-bond acceptors (Lipinski definition) is 3. The van der Waals surface area contributed by atoms with Gasteiger partial charge in [0.2, 0.25) is 10.0 Å². The van der Waals surface area contributed by atoms with Crippen molar-refractivity contribution >= 4 is 10.0 Å². The summed E-state index contributed by atoms with van der Waals surface area (Å²) in [4.78, 5) is 0.227. The van der Waals surface area contributed by atoms with E-state index in [2.05, 4.69) is 11.6 Å². The van der Waals surface area contributed by atoms with Crippen molar-refractivity contribution in [2.24, 2.45) is 11.8 Å². The lowest BCUT2D eigenvalue weighted by Crippen LogP contribution is -2.31. The zero-order valence-corrected chi connectivity index (χ0v) is 13.6. The molecule has 1 aliphatic rings. The van der Waals surface area contributed by atoms with Gasteiger partial charge in [-0.05, 0) is 49.3 Å². The van der Waals surface area contributed by atoms with Crippen LogP contribution < -0.4 is 4.72 Å². The van der Waals surface area contributed by atoms with Gasteiger partial charge < -0.3 is 5.11 Å². The molecule has 118 valence electrons. The van der Waals surface area contributed by atoms with Gasteiger partial charge in [0.25, 0.3) is 0 Å². The van der Waals surface area contributed by atoms with Crippen LogP contribution in [0.5, 0.6) is 0 Å². The van der Waals surface area contributed by atoms with E-state index in [1.54, 1.807) is 25.1 Å². The van der Waals surface area contributed by atoms with Gasteiger partial charge in [-0.15, -0.1) is 0 Å². The fraction of sp³-hybridized carbons (Fsp3) is 0.625. The van der Waals surface area contributed by atoms with Crippen LogP contribution in [0.2, 0.25) is 0 Å². The van der Waals surface area contributed by atoms with E-state index in [9.17, 15) is 13.5 Å². The van der Waals surface area contributed by atoms with Gasteiger partial charge in [-0.1, -0.05) is 31.9 Å². The number of sulfonamides is 1. The van der Waals surface area contributed by atoms with Gasteiger partial charge in [-0.2, -0.15) is 0 Å². The zero-order chi connectivity index (χ0) is 15.5. The van der Waals surface area contributed by atoms with E-state index in [1.165, 1.54) is 18.9 Å². The van der Waals surface area contributed by atoms with Crippen molar-refractivity contribution in [2.45, 2.75) is 50.5 Å². The number of rotatable bonds is 5. The van der Waals surface area contributed by atoms with Crippen molar-refractivity contribution in [2.75, 3.05) is 6.54 Å². The Morgan fingerprint density at radius 1 is 1.38 bits per heavy atom. The van der Waals surface area contributed by atoms with Crippen molar-refractivity contribution in [3.8, 4) is 0 Å². The molecule has 1 aromatic carbocycles. The first-order valence-electron chi connectivity index (χ1n) is 7.66. The van der Waals surface area contributed by atoms with Crippen LogP contribution in [0.25, 0.3) is 0 Å². The quantitative estimate of drug-likeness (QED) is 0.878. The fourth-order valence-corrected chi connectivity index (χ4v) is 4.17. The Balaban J connectivity index is 2.03. The molecule has 5 heteroatoms. The summed E-state index contributed by atoms with van der Waals surface area (Å²) >= 11 is 0. The molecule has 3 atom stereocenters. The molecule has 2 rings (SSSR count). The fourth-order valence-electron chi connectivity index (χ4n) is 3.00. The third kappa shape index (κ3) is 4.53. The molecule has 0 aliphatic heterocycles. The highest BCUT2D eigenvalue weighted by atomic mass is 32.2. The van der Waals surface area contributed by atoms with Crippen molar-refractivity contribution in [3.05, 3.63) is 29.8 Å². The second-order valence-corrected chi connectivity index (χ2v) is 8.01. The Labute approximate surface area is 127 Å². The molecule has 21 heavy (non-hydrogen) atoms. The maximum absolute atomic E-state index is 12.3. The molecular weight excluding hydrogens is 286 g/mol. The van der Waals surface area contributed by atoms with Crippen molar-refractivity contribution in [1.82, 2.24) is 4.72 Å². The molecule has 0 heterocycles. The molecule has 0 bridgehead atoms. The molecule has 3 unspecified atom stereocenters. The maximum atomic E-state index is 12.3. The second kappa shape index (κ2) is 6.90. The second-order valence-electron chi connectivity index (χ2n) is 6.24. The molecule has 0 saturated heterocycles. The Morgan fingerprint density at radius 3 is 2.81 bits per heavy atom. The molecule has 0 spiro atoms. The lowest BCUT2D eigenvalue weighted by molar-refractivity contribution is 0.199.